The minimum Gasteiger partial charge on any atom is -0.508 e. The molecule has 5 aromatic carbocycles. The number of halogens is 3. The zero-order valence-corrected chi connectivity index (χ0v) is 38.3. The number of hydrogen-bond acceptors (Lipinski definition) is 10. The van der Waals surface area contributed by atoms with E-state index in [2.05, 4.69) is 39.8 Å². The second kappa shape index (κ2) is 22.1. The van der Waals surface area contributed by atoms with Gasteiger partial charge in [0.2, 0.25) is 11.7 Å². The first-order chi connectivity index (χ1) is 32.8. The van der Waals surface area contributed by atoms with Crippen molar-refractivity contribution in [2.75, 3.05) is 18.4 Å². The standard InChI is InChI=1S/C27H37F3N6O.C26H20O5/c1-2-3-4-5-6-7-8-9-12-19-32-25(37)20-33-36-26(35-31)23-13-10-11-14-24(23)34-22-17-15-21(16-18-22)27(28,29)30;1-14(15-3-2-4-15)16-5-8-20-19(11-16)25(29)31-26(20)21-9-6-17(27)12-23(21)30-24-13-18(28)7-10-22(24)26/h10-11,13-18,34H,2-9,12,19-20,31H2,1H3,(H,32,37);5-13,27-28H,2-4H2,1H3/b35-26-,36-33?;. The summed E-state index contributed by atoms with van der Waals surface area (Å²) in [6.07, 6.45) is 9.94. The van der Waals surface area contributed by atoms with E-state index >= 15 is 0 Å². The Balaban J connectivity index is 0.000000203. The Bertz CT molecular complexity index is 2640. The number of rotatable bonds is 16. The molecule has 8 rings (SSSR count). The molecule has 1 spiro atoms. The molecule has 2 heterocycles. The number of benzene rings is 5. The number of allylic oxidation sites excluding steroid dienone is 2. The number of alkyl halides is 3. The van der Waals surface area contributed by atoms with Crippen molar-refractivity contribution < 1.29 is 42.4 Å². The Morgan fingerprint density at radius 1 is 0.794 bits per heavy atom. The molecule has 12 nitrogen and oxygen atoms in total. The number of nitrogens with one attached hydrogen (secondary N) is 2. The molecule has 0 radical (unpaired) electrons. The Kier molecular flexibility index (Phi) is 15.8. The molecule has 1 saturated carbocycles. The fourth-order valence-corrected chi connectivity index (χ4v) is 8.59. The SMILES string of the molecule is CC(=C1CCC1)c1ccc2c(c1)C(=O)OC21c2ccc(O)cc2Oc2cc(O)ccc21.CCCCCCCCCCCNC(=O)CN=N/C(=N\N)c1ccccc1Nc1ccc(C(F)(F)F)cc1. The Morgan fingerprint density at radius 3 is 2.01 bits per heavy atom. The van der Waals surface area contributed by atoms with Crippen LogP contribution in [0.1, 0.15) is 135 Å². The number of amides is 1. The van der Waals surface area contributed by atoms with Gasteiger partial charge in [0.15, 0.2) is 5.60 Å². The van der Waals surface area contributed by atoms with Gasteiger partial charge in [0.25, 0.3) is 0 Å². The van der Waals surface area contributed by atoms with Crippen LogP contribution in [-0.4, -0.2) is 41.0 Å². The molecular weight excluding hydrogens is 874 g/mol. The van der Waals surface area contributed by atoms with Crippen molar-refractivity contribution in [3.05, 3.63) is 148 Å². The van der Waals surface area contributed by atoms with E-state index < -0.39 is 23.3 Å². The highest BCUT2D eigenvalue weighted by Gasteiger charge is 2.53. The highest BCUT2D eigenvalue weighted by molar-refractivity contribution is 6.04. The monoisotopic (exact) mass is 930 g/mol. The van der Waals surface area contributed by atoms with Crippen molar-refractivity contribution in [2.24, 2.45) is 21.2 Å². The van der Waals surface area contributed by atoms with Crippen molar-refractivity contribution in [3.63, 3.8) is 0 Å². The average molecular weight is 931 g/mol. The molecule has 1 amide bonds. The van der Waals surface area contributed by atoms with Gasteiger partial charge in [-0.25, -0.2) is 4.79 Å². The molecule has 0 atom stereocenters. The van der Waals surface area contributed by atoms with Crippen LogP contribution >= 0.6 is 0 Å². The van der Waals surface area contributed by atoms with Crippen LogP contribution in [0.25, 0.3) is 5.57 Å². The van der Waals surface area contributed by atoms with Crippen LogP contribution in [-0.2, 0) is 21.3 Å². The summed E-state index contributed by atoms with van der Waals surface area (Å²) in [5.41, 5.74) is 5.76. The van der Waals surface area contributed by atoms with Gasteiger partial charge in [-0.05, 0) is 110 Å². The van der Waals surface area contributed by atoms with Crippen LogP contribution in [0.3, 0.4) is 0 Å². The van der Waals surface area contributed by atoms with Gasteiger partial charge in [0, 0.05) is 52.3 Å². The van der Waals surface area contributed by atoms with Crippen LogP contribution in [0, 0.1) is 0 Å². The van der Waals surface area contributed by atoms with Crippen molar-refractivity contribution in [1.82, 2.24) is 5.32 Å². The second-order valence-corrected chi connectivity index (χ2v) is 17.2. The summed E-state index contributed by atoms with van der Waals surface area (Å²) in [6.45, 7) is 4.76. The average Bonchev–Trinajstić information content (AvgIpc) is 3.59. The highest BCUT2D eigenvalue weighted by atomic mass is 19.4. The van der Waals surface area contributed by atoms with Crippen LogP contribution < -0.4 is 21.2 Å². The van der Waals surface area contributed by atoms with Gasteiger partial charge >= 0.3 is 12.1 Å². The number of nitrogens with zero attached hydrogens (tertiary/aromatic N) is 3. The molecule has 2 aliphatic heterocycles. The summed E-state index contributed by atoms with van der Waals surface area (Å²) in [5.74, 6) is 5.80. The summed E-state index contributed by atoms with van der Waals surface area (Å²) in [7, 11) is 0. The van der Waals surface area contributed by atoms with E-state index in [-0.39, 0.29) is 29.8 Å². The predicted molar refractivity (Wildman–Crippen MR) is 256 cm³/mol. The Morgan fingerprint density at radius 2 is 1.41 bits per heavy atom. The number of carbonyl (C=O) groups excluding carboxylic acids is 2. The number of aromatic hydroxyl groups is 2. The number of unbranched alkanes of at least 4 members (excludes halogenated alkanes) is 8. The molecule has 0 aromatic heterocycles. The van der Waals surface area contributed by atoms with Crippen molar-refractivity contribution in [2.45, 2.75) is 103 Å². The van der Waals surface area contributed by atoms with Crippen LogP contribution in [0.5, 0.6) is 23.0 Å². The van der Waals surface area contributed by atoms with Crippen molar-refractivity contribution in [3.8, 4) is 23.0 Å². The minimum absolute atomic E-state index is 0.0418. The van der Waals surface area contributed by atoms with E-state index in [0.29, 0.717) is 51.7 Å². The first-order valence-corrected chi connectivity index (χ1v) is 23.2. The normalized spacial score (nSPS) is 14.5. The van der Waals surface area contributed by atoms with Crippen molar-refractivity contribution in [1.29, 1.82) is 0 Å². The second-order valence-electron chi connectivity index (χ2n) is 17.2. The fourth-order valence-electron chi connectivity index (χ4n) is 8.59. The lowest BCUT2D eigenvalue weighted by molar-refractivity contribution is -0.137. The first-order valence-electron chi connectivity index (χ1n) is 23.2. The predicted octanol–water partition coefficient (Wildman–Crippen LogP) is 12.8. The van der Waals surface area contributed by atoms with E-state index in [9.17, 15) is 33.0 Å². The summed E-state index contributed by atoms with van der Waals surface area (Å²) >= 11 is 0. The third-order valence-corrected chi connectivity index (χ3v) is 12.5. The molecule has 0 saturated heterocycles. The number of ether oxygens (including phenoxy) is 2. The lowest BCUT2D eigenvalue weighted by Gasteiger charge is -2.36. The smallest absolute Gasteiger partial charge is 0.416 e. The fraction of sp³-hybridized carbons (Fsp3) is 0.340. The van der Waals surface area contributed by atoms with E-state index in [4.69, 9.17) is 15.3 Å². The minimum atomic E-state index is -4.41. The number of amidine groups is 1. The number of anilines is 2. The van der Waals surface area contributed by atoms with Gasteiger partial charge in [-0.15, -0.1) is 5.11 Å². The third kappa shape index (κ3) is 11.3. The Labute approximate surface area is 394 Å². The molecule has 15 heteroatoms. The van der Waals surface area contributed by atoms with Gasteiger partial charge in [-0.3, -0.25) is 4.79 Å². The van der Waals surface area contributed by atoms with Gasteiger partial charge in [-0.1, -0.05) is 88.1 Å². The molecular formula is C53H57F3N6O6. The van der Waals surface area contributed by atoms with E-state index in [1.165, 1.54) is 86.8 Å². The lowest BCUT2D eigenvalue weighted by atomic mass is 9.77. The van der Waals surface area contributed by atoms with Gasteiger partial charge in [-0.2, -0.15) is 23.4 Å². The van der Waals surface area contributed by atoms with Gasteiger partial charge < -0.3 is 36.2 Å². The summed E-state index contributed by atoms with van der Waals surface area (Å²) < 4.78 is 50.5. The van der Waals surface area contributed by atoms with Crippen molar-refractivity contribution >= 4 is 34.7 Å². The van der Waals surface area contributed by atoms with Gasteiger partial charge in [0.05, 0.1) is 11.1 Å². The number of esters is 1. The largest absolute Gasteiger partial charge is 0.508 e. The first kappa shape index (κ1) is 48.8. The maximum atomic E-state index is 13.1. The van der Waals surface area contributed by atoms with E-state index in [1.54, 1.807) is 48.5 Å². The van der Waals surface area contributed by atoms with Crippen LogP contribution in [0.2, 0.25) is 0 Å². The third-order valence-electron chi connectivity index (χ3n) is 12.5. The zero-order valence-electron chi connectivity index (χ0n) is 38.3. The maximum Gasteiger partial charge on any atom is 0.416 e. The van der Waals surface area contributed by atoms with E-state index in [0.717, 1.165) is 48.9 Å². The maximum absolute atomic E-state index is 13.1. The number of carbonyl (C=O) groups is 2. The lowest BCUT2D eigenvalue weighted by Crippen LogP contribution is -2.32. The molecule has 68 heavy (non-hydrogen) atoms. The number of hydrazone groups is 1. The zero-order chi connectivity index (χ0) is 48.3. The number of phenolic OH excluding ortho intramolecular Hbond substituents is 2. The highest BCUT2D eigenvalue weighted by Crippen LogP contribution is 2.57. The molecule has 356 valence electrons. The number of nitrogens with two attached hydrogens (primary N) is 1. The summed E-state index contributed by atoms with van der Waals surface area (Å²) in [6, 6.07) is 27.0. The molecule has 6 N–H and O–H groups in total. The molecule has 3 aliphatic rings. The van der Waals surface area contributed by atoms with E-state index in [1.807, 2.05) is 18.2 Å². The van der Waals surface area contributed by atoms with Crippen LogP contribution in [0.15, 0.2) is 124 Å². The summed E-state index contributed by atoms with van der Waals surface area (Å²) in [4.78, 5) is 25.2. The topological polar surface area (TPSA) is 180 Å². The number of hydrogen-bond donors (Lipinski definition) is 5. The number of para-hydroxylation sites is 1. The molecule has 1 fully saturated rings. The Hall–Kier alpha value is -7.16. The number of phenols is 2. The number of fused-ring (bicyclic) bond motifs is 6. The summed E-state index contributed by atoms with van der Waals surface area (Å²) in [5, 5.41) is 37.5. The molecule has 0 unspecified atom stereocenters. The van der Waals surface area contributed by atoms with Crippen LogP contribution in [0.4, 0.5) is 24.5 Å². The quantitative estimate of drug-likeness (QED) is 0.0123. The molecule has 5 aromatic rings. The molecule has 0 bridgehead atoms. The van der Waals surface area contributed by atoms with Gasteiger partial charge in [0.1, 0.15) is 29.5 Å². The molecule has 1 aliphatic carbocycles. The number of azo groups is 1.